The molecule has 5 nitrogen and oxygen atoms in total. The Balaban J connectivity index is 1.84. The van der Waals surface area contributed by atoms with Crippen LogP contribution in [0.1, 0.15) is 30.1 Å². The van der Waals surface area contributed by atoms with E-state index in [1.165, 1.54) is 12.1 Å². The van der Waals surface area contributed by atoms with Crippen LogP contribution in [0.25, 0.3) is 0 Å². The lowest BCUT2D eigenvalue weighted by molar-refractivity contribution is -0.118. The number of esters is 1. The van der Waals surface area contributed by atoms with E-state index in [-0.39, 0.29) is 17.4 Å². The van der Waals surface area contributed by atoms with Crippen molar-refractivity contribution in [1.29, 1.82) is 0 Å². The molecular weight excluding hydrogens is 361 g/mol. The Morgan fingerprint density at radius 2 is 1.88 bits per heavy atom. The van der Waals surface area contributed by atoms with E-state index >= 15 is 0 Å². The first-order chi connectivity index (χ1) is 12.5. The zero-order valence-electron chi connectivity index (χ0n) is 14.3. The Morgan fingerprint density at radius 1 is 1.15 bits per heavy atom. The summed E-state index contributed by atoms with van der Waals surface area (Å²) in [6, 6.07) is 9.98. The molecule has 1 N–H and O–H groups in total. The molecule has 2 rings (SSSR count). The van der Waals surface area contributed by atoms with Crippen LogP contribution in [-0.4, -0.2) is 25.1 Å². The molecule has 0 atom stereocenters. The van der Waals surface area contributed by atoms with Crippen molar-refractivity contribution in [1.82, 2.24) is 0 Å². The predicted octanol–water partition coefficient (Wildman–Crippen LogP) is 4.45. The molecule has 0 unspecified atom stereocenters. The fourth-order valence-corrected chi connectivity index (χ4v) is 2.24. The van der Waals surface area contributed by atoms with E-state index in [0.717, 1.165) is 18.9 Å². The first-order valence-electron chi connectivity index (χ1n) is 8.14. The van der Waals surface area contributed by atoms with Crippen LogP contribution >= 0.6 is 11.6 Å². The summed E-state index contributed by atoms with van der Waals surface area (Å²) < 4.78 is 23.3. The molecule has 26 heavy (non-hydrogen) atoms. The fraction of sp³-hybridized carbons (Fsp3) is 0.263. The predicted molar refractivity (Wildman–Crippen MR) is 97.2 cm³/mol. The van der Waals surface area contributed by atoms with Gasteiger partial charge in [-0.15, -0.1) is 0 Å². The summed E-state index contributed by atoms with van der Waals surface area (Å²) in [4.78, 5) is 23.7. The van der Waals surface area contributed by atoms with Crippen molar-refractivity contribution in [2.45, 2.75) is 19.8 Å². The second-order valence-corrected chi connectivity index (χ2v) is 5.89. The van der Waals surface area contributed by atoms with Gasteiger partial charge in [0.1, 0.15) is 11.6 Å². The average molecular weight is 380 g/mol. The topological polar surface area (TPSA) is 64.6 Å². The molecule has 1 amide bonds. The highest BCUT2D eigenvalue weighted by Crippen LogP contribution is 2.24. The third-order valence-corrected chi connectivity index (χ3v) is 3.68. The Bertz CT molecular complexity index is 765. The lowest BCUT2D eigenvalue weighted by Gasteiger charge is -2.09. The van der Waals surface area contributed by atoms with Gasteiger partial charge in [0.05, 0.1) is 17.2 Å². The third kappa shape index (κ3) is 6.04. The van der Waals surface area contributed by atoms with Gasteiger partial charge >= 0.3 is 5.97 Å². The van der Waals surface area contributed by atoms with Crippen molar-refractivity contribution in [2.75, 3.05) is 18.5 Å². The maximum absolute atomic E-state index is 13.0. The smallest absolute Gasteiger partial charge is 0.338 e. The number of carbonyl (C=O) groups excluding carboxylic acids is 2. The van der Waals surface area contributed by atoms with Crippen LogP contribution in [0, 0.1) is 5.82 Å². The maximum Gasteiger partial charge on any atom is 0.338 e. The van der Waals surface area contributed by atoms with Crippen LogP contribution < -0.4 is 10.1 Å². The third-order valence-electron chi connectivity index (χ3n) is 3.39. The molecular formula is C19H19ClFNO4. The van der Waals surface area contributed by atoms with Crippen molar-refractivity contribution in [3.8, 4) is 5.75 Å². The van der Waals surface area contributed by atoms with E-state index in [2.05, 4.69) is 5.32 Å². The SMILES string of the molecule is CCCCOC(=O)c1ccc(NC(=O)COc2ccc(F)cc2Cl)cc1. The zero-order chi connectivity index (χ0) is 18.9. The Morgan fingerprint density at radius 3 is 2.54 bits per heavy atom. The number of halogens is 2. The molecule has 0 aliphatic heterocycles. The molecule has 0 aliphatic carbocycles. The van der Waals surface area contributed by atoms with Gasteiger partial charge < -0.3 is 14.8 Å². The maximum atomic E-state index is 13.0. The molecule has 0 bridgehead atoms. The van der Waals surface area contributed by atoms with Crippen LogP contribution in [0.3, 0.4) is 0 Å². The van der Waals surface area contributed by atoms with E-state index in [1.807, 2.05) is 6.92 Å². The average Bonchev–Trinajstić information content (AvgIpc) is 2.61. The molecule has 0 heterocycles. The van der Waals surface area contributed by atoms with E-state index in [4.69, 9.17) is 21.1 Å². The number of ether oxygens (including phenoxy) is 2. The van der Waals surface area contributed by atoms with E-state index in [1.54, 1.807) is 24.3 Å². The summed E-state index contributed by atoms with van der Waals surface area (Å²) in [5.41, 5.74) is 0.919. The Labute approximate surface area is 156 Å². The number of carbonyl (C=O) groups is 2. The van der Waals surface area contributed by atoms with Gasteiger partial charge in [-0.3, -0.25) is 4.79 Å². The second kappa shape index (κ2) is 9.77. The summed E-state index contributed by atoms with van der Waals surface area (Å²) in [6.45, 7) is 2.11. The van der Waals surface area contributed by atoms with Gasteiger partial charge in [0, 0.05) is 5.69 Å². The van der Waals surface area contributed by atoms with E-state index in [9.17, 15) is 14.0 Å². The van der Waals surface area contributed by atoms with Crippen LogP contribution in [0.5, 0.6) is 5.75 Å². The quantitative estimate of drug-likeness (QED) is 0.543. The highest BCUT2D eigenvalue weighted by Gasteiger charge is 2.09. The van der Waals surface area contributed by atoms with Gasteiger partial charge in [0.15, 0.2) is 6.61 Å². The Kier molecular flexibility index (Phi) is 7.41. The monoisotopic (exact) mass is 379 g/mol. The molecule has 0 saturated heterocycles. The normalized spacial score (nSPS) is 10.3. The van der Waals surface area contributed by atoms with Gasteiger partial charge in [-0.25, -0.2) is 9.18 Å². The number of anilines is 1. The number of unbranched alkanes of at least 4 members (excludes halogenated alkanes) is 1. The Hall–Kier alpha value is -2.60. The second-order valence-electron chi connectivity index (χ2n) is 5.48. The molecule has 2 aromatic rings. The number of nitrogens with one attached hydrogen (secondary N) is 1. The standard InChI is InChI=1S/C19H19ClFNO4/c1-2-3-10-25-19(24)13-4-7-15(8-5-13)22-18(23)12-26-17-9-6-14(21)11-16(17)20/h4-9,11H,2-3,10,12H2,1H3,(H,22,23). The van der Waals surface area contributed by atoms with E-state index in [0.29, 0.717) is 17.9 Å². The minimum Gasteiger partial charge on any atom is -0.482 e. The first kappa shape index (κ1) is 19.7. The summed E-state index contributed by atoms with van der Waals surface area (Å²) in [5, 5.41) is 2.72. The van der Waals surface area contributed by atoms with Gasteiger partial charge in [0.25, 0.3) is 5.91 Å². The van der Waals surface area contributed by atoms with Crippen molar-refractivity contribution >= 4 is 29.2 Å². The van der Waals surface area contributed by atoms with Crippen molar-refractivity contribution in [3.63, 3.8) is 0 Å². The molecule has 7 heteroatoms. The summed E-state index contributed by atoms with van der Waals surface area (Å²) in [5.74, 6) is -1.08. The highest BCUT2D eigenvalue weighted by molar-refractivity contribution is 6.32. The van der Waals surface area contributed by atoms with E-state index < -0.39 is 17.7 Å². The van der Waals surface area contributed by atoms with Crippen LogP contribution in [-0.2, 0) is 9.53 Å². The minimum absolute atomic E-state index is 0.0868. The van der Waals surface area contributed by atoms with Crippen LogP contribution in [0.2, 0.25) is 5.02 Å². The lowest BCUT2D eigenvalue weighted by atomic mass is 10.2. The number of amides is 1. The van der Waals surface area contributed by atoms with Gasteiger partial charge in [-0.2, -0.15) is 0 Å². The lowest BCUT2D eigenvalue weighted by Crippen LogP contribution is -2.20. The molecule has 138 valence electrons. The molecule has 0 saturated carbocycles. The first-order valence-corrected chi connectivity index (χ1v) is 8.52. The largest absolute Gasteiger partial charge is 0.482 e. The molecule has 0 aliphatic rings. The molecule has 0 aromatic heterocycles. The number of benzene rings is 2. The van der Waals surface area contributed by atoms with Crippen molar-refractivity contribution in [3.05, 3.63) is 58.9 Å². The fourth-order valence-electron chi connectivity index (χ4n) is 2.01. The van der Waals surface area contributed by atoms with Crippen molar-refractivity contribution < 1.29 is 23.5 Å². The molecule has 0 spiro atoms. The minimum atomic E-state index is -0.486. The van der Waals surface area contributed by atoms with Gasteiger partial charge in [0.2, 0.25) is 0 Å². The summed E-state index contributed by atoms with van der Waals surface area (Å²) in [6.07, 6.45) is 1.77. The van der Waals surface area contributed by atoms with Gasteiger partial charge in [-0.1, -0.05) is 24.9 Å². The van der Waals surface area contributed by atoms with Gasteiger partial charge in [-0.05, 0) is 48.9 Å². The molecule has 2 aromatic carbocycles. The zero-order valence-corrected chi connectivity index (χ0v) is 15.0. The van der Waals surface area contributed by atoms with Crippen molar-refractivity contribution in [2.24, 2.45) is 0 Å². The summed E-state index contributed by atoms with van der Waals surface area (Å²) in [7, 11) is 0. The van der Waals surface area contributed by atoms with Crippen LogP contribution in [0.4, 0.5) is 10.1 Å². The summed E-state index contributed by atoms with van der Waals surface area (Å²) >= 11 is 5.83. The van der Waals surface area contributed by atoms with Crippen LogP contribution in [0.15, 0.2) is 42.5 Å². The number of hydrogen-bond acceptors (Lipinski definition) is 4. The highest BCUT2D eigenvalue weighted by atomic mass is 35.5. The molecule has 0 fully saturated rings. The molecule has 0 radical (unpaired) electrons. The number of rotatable bonds is 8. The number of hydrogen-bond donors (Lipinski definition) is 1.